The number of piperazine rings is 3. The molecular formula is C9H15N4+. The summed E-state index contributed by atoms with van der Waals surface area (Å²) < 4.78 is 3.38. The molecule has 13 heavy (non-hydrogen) atoms. The molecule has 4 nitrogen and oxygen atoms in total. The molecule has 0 N–H and O–H groups in total. The molecule has 70 valence electrons. The Morgan fingerprint density at radius 1 is 1.08 bits per heavy atom. The number of rotatable bonds is 1. The van der Waals surface area contributed by atoms with Crippen LogP contribution in [0.5, 0.6) is 0 Å². The molecule has 4 rings (SSSR count). The highest BCUT2D eigenvalue weighted by atomic mass is 15.7. The lowest BCUT2D eigenvalue weighted by Crippen LogP contribution is -2.73. The van der Waals surface area contributed by atoms with E-state index in [1.54, 1.807) is 0 Å². The van der Waals surface area contributed by atoms with E-state index in [0.717, 1.165) is 4.59 Å². The Hall–Kier alpha value is -0.870. The number of quaternary nitrogens is 1. The van der Waals surface area contributed by atoms with E-state index < -0.39 is 0 Å². The Labute approximate surface area is 77.9 Å². The smallest absolute Gasteiger partial charge is 0.145 e. The Kier molecular flexibility index (Phi) is 1.48. The average Bonchev–Trinajstić information content (AvgIpc) is 2.74. The van der Waals surface area contributed by atoms with Crippen molar-refractivity contribution in [2.75, 3.05) is 39.3 Å². The van der Waals surface area contributed by atoms with E-state index in [0.29, 0.717) is 0 Å². The summed E-state index contributed by atoms with van der Waals surface area (Å²) in [4.78, 5) is 6.69. The second kappa shape index (κ2) is 2.56. The zero-order chi connectivity index (χ0) is 8.73. The van der Waals surface area contributed by atoms with Gasteiger partial charge in [-0.2, -0.15) is 4.68 Å². The van der Waals surface area contributed by atoms with Crippen molar-refractivity contribution in [1.29, 1.82) is 0 Å². The molecule has 0 atom stereocenters. The Morgan fingerprint density at radius 3 is 2.31 bits per heavy atom. The normalized spacial score (nSPS) is 38.0. The van der Waals surface area contributed by atoms with Gasteiger partial charge < -0.3 is 0 Å². The second-order valence-electron chi connectivity index (χ2n) is 4.05. The number of hydrogen-bond donors (Lipinski definition) is 0. The van der Waals surface area contributed by atoms with Crippen LogP contribution >= 0.6 is 0 Å². The highest BCUT2D eigenvalue weighted by Crippen LogP contribution is 2.16. The SMILES string of the molecule is c1cn([N+]23CCN(CC2)CC3)cn1. The summed E-state index contributed by atoms with van der Waals surface area (Å²) in [6, 6.07) is 0. The predicted octanol–water partition coefficient (Wildman–Crippen LogP) is -0.349. The summed E-state index contributed by atoms with van der Waals surface area (Å²) >= 11 is 0. The molecule has 3 fully saturated rings. The van der Waals surface area contributed by atoms with Crippen molar-refractivity contribution in [2.45, 2.75) is 0 Å². The second-order valence-corrected chi connectivity index (χ2v) is 4.05. The van der Waals surface area contributed by atoms with Gasteiger partial charge in [-0.1, -0.05) is 0 Å². The van der Waals surface area contributed by atoms with Crippen molar-refractivity contribution >= 4 is 0 Å². The van der Waals surface area contributed by atoms with Crippen LogP contribution in [0.25, 0.3) is 0 Å². The van der Waals surface area contributed by atoms with Gasteiger partial charge in [-0.25, -0.2) is 9.58 Å². The predicted molar refractivity (Wildman–Crippen MR) is 50.8 cm³/mol. The van der Waals surface area contributed by atoms with E-state index in [1.807, 2.05) is 12.5 Å². The van der Waals surface area contributed by atoms with E-state index >= 15 is 0 Å². The summed E-state index contributed by atoms with van der Waals surface area (Å²) in [5, 5.41) is 0. The topological polar surface area (TPSA) is 21.1 Å². The van der Waals surface area contributed by atoms with Gasteiger partial charge >= 0.3 is 0 Å². The van der Waals surface area contributed by atoms with Crippen molar-refractivity contribution in [3.05, 3.63) is 18.7 Å². The van der Waals surface area contributed by atoms with Crippen LogP contribution < -0.4 is 4.59 Å². The molecule has 2 bridgehead atoms. The van der Waals surface area contributed by atoms with Crippen molar-refractivity contribution in [3.63, 3.8) is 0 Å². The summed E-state index contributed by atoms with van der Waals surface area (Å²) in [5.41, 5.74) is 0. The minimum atomic E-state index is 1.11. The van der Waals surface area contributed by atoms with Gasteiger partial charge in [-0.05, 0) is 0 Å². The Morgan fingerprint density at radius 2 is 1.77 bits per heavy atom. The van der Waals surface area contributed by atoms with Gasteiger partial charge in [0.2, 0.25) is 0 Å². The molecule has 3 aliphatic heterocycles. The van der Waals surface area contributed by atoms with E-state index in [4.69, 9.17) is 0 Å². The summed E-state index contributed by atoms with van der Waals surface area (Å²) in [6.45, 7) is 7.48. The highest BCUT2D eigenvalue weighted by molar-refractivity contribution is 4.96. The van der Waals surface area contributed by atoms with E-state index in [1.165, 1.54) is 39.3 Å². The van der Waals surface area contributed by atoms with Gasteiger partial charge in [0.1, 0.15) is 26.0 Å². The van der Waals surface area contributed by atoms with Crippen molar-refractivity contribution in [3.8, 4) is 0 Å². The minimum Gasteiger partial charge on any atom is -0.286 e. The molecule has 4 heterocycles. The fourth-order valence-corrected chi connectivity index (χ4v) is 2.50. The van der Waals surface area contributed by atoms with Gasteiger partial charge in [0.05, 0.1) is 32.0 Å². The van der Waals surface area contributed by atoms with Crippen LogP contribution in [0, 0.1) is 0 Å². The lowest BCUT2D eigenvalue weighted by molar-refractivity contribution is -0.0100. The molecule has 1 aromatic rings. The molecule has 0 unspecified atom stereocenters. The van der Waals surface area contributed by atoms with Crippen LogP contribution in [0.3, 0.4) is 0 Å². The first kappa shape index (κ1) is 7.53. The third kappa shape index (κ3) is 1.02. The van der Waals surface area contributed by atoms with Crippen molar-refractivity contribution in [1.82, 2.24) is 19.2 Å². The van der Waals surface area contributed by atoms with Gasteiger partial charge in [0, 0.05) is 0 Å². The molecule has 3 aliphatic rings. The highest BCUT2D eigenvalue weighted by Gasteiger charge is 2.40. The number of fused-ring (bicyclic) bond motifs is 3. The van der Waals surface area contributed by atoms with Crippen LogP contribution in [0.4, 0.5) is 0 Å². The zero-order valence-electron chi connectivity index (χ0n) is 7.76. The van der Waals surface area contributed by atoms with Crippen molar-refractivity contribution in [2.24, 2.45) is 0 Å². The quantitative estimate of drug-likeness (QED) is 0.550. The van der Waals surface area contributed by atoms with Crippen LogP contribution in [-0.4, -0.2) is 53.8 Å². The first-order chi connectivity index (χ1) is 6.39. The third-order valence-electron chi connectivity index (χ3n) is 3.48. The molecule has 0 aliphatic carbocycles. The minimum absolute atomic E-state index is 1.11. The lowest BCUT2D eigenvalue weighted by Gasteiger charge is -2.49. The number of nitrogens with zero attached hydrogens (tertiary/aromatic N) is 4. The maximum Gasteiger partial charge on any atom is 0.145 e. The van der Waals surface area contributed by atoms with Gasteiger partial charge in [0.25, 0.3) is 0 Å². The summed E-state index contributed by atoms with van der Waals surface area (Å²) in [5.74, 6) is 0. The maximum atomic E-state index is 4.14. The summed E-state index contributed by atoms with van der Waals surface area (Å²) in [6.07, 6.45) is 5.94. The van der Waals surface area contributed by atoms with Crippen LogP contribution in [0.2, 0.25) is 0 Å². The van der Waals surface area contributed by atoms with Gasteiger partial charge in [-0.15, -0.1) is 0 Å². The summed E-state index contributed by atoms with van der Waals surface area (Å²) in [7, 11) is 0. The molecule has 0 saturated carbocycles. The number of aromatic nitrogens is 2. The first-order valence-corrected chi connectivity index (χ1v) is 4.96. The average molecular weight is 179 g/mol. The van der Waals surface area contributed by atoms with E-state index in [2.05, 4.69) is 20.8 Å². The Balaban J connectivity index is 1.95. The van der Waals surface area contributed by atoms with Crippen LogP contribution in [0.1, 0.15) is 0 Å². The standard InChI is InChI=1S/C9H15N4/c1-2-12(9-10-1)13-6-3-11(4-7-13)5-8-13/h1-2,9H,3-8H2/q+1. The molecule has 3 saturated heterocycles. The zero-order valence-corrected chi connectivity index (χ0v) is 7.76. The molecule has 0 aromatic carbocycles. The maximum absolute atomic E-state index is 4.14. The molecule has 0 radical (unpaired) electrons. The first-order valence-electron chi connectivity index (χ1n) is 4.96. The van der Waals surface area contributed by atoms with Gasteiger partial charge in [0.15, 0.2) is 0 Å². The number of hydrogen-bond acceptors (Lipinski definition) is 2. The molecule has 0 amide bonds. The lowest BCUT2D eigenvalue weighted by atomic mass is 10.2. The third-order valence-corrected chi connectivity index (χ3v) is 3.48. The number of imidazole rings is 1. The molecule has 4 heteroatoms. The van der Waals surface area contributed by atoms with Gasteiger partial charge in [-0.3, -0.25) is 4.90 Å². The molecule has 0 spiro atoms. The largest absolute Gasteiger partial charge is 0.286 e. The molecular weight excluding hydrogens is 164 g/mol. The Bertz CT molecular complexity index is 271. The van der Waals surface area contributed by atoms with Crippen molar-refractivity contribution < 1.29 is 0 Å². The fraction of sp³-hybridized carbons (Fsp3) is 0.667. The van der Waals surface area contributed by atoms with Crippen LogP contribution in [-0.2, 0) is 0 Å². The molecule has 1 aromatic heterocycles. The fourth-order valence-electron chi connectivity index (χ4n) is 2.50. The van der Waals surface area contributed by atoms with E-state index in [9.17, 15) is 0 Å². The monoisotopic (exact) mass is 179 g/mol. The van der Waals surface area contributed by atoms with E-state index in [-0.39, 0.29) is 0 Å². The van der Waals surface area contributed by atoms with Crippen LogP contribution in [0.15, 0.2) is 18.7 Å².